The highest BCUT2D eigenvalue weighted by molar-refractivity contribution is 5.85. The number of rotatable bonds is 3. The molecule has 2 heterocycles. The van der Waals surface area contributed by atoms with Crippen molar-refractivity contribution in [2.24, 2.45) is 5.92 Å². The van der Waals surface area contributed by atoms with Crippen LogP contribution in [0.5, 0.6) is 6.01 Å². The highest BCUT2D eigenvalue weighted by Gasteiger charge is 2.29. The molecule has 2 aromatic rings. The summed E-state index contributed by atoms with van der Waals surface area (Å²) < 4.78 is 7.86. The lowest BCUT2D eigenvalue weighted by atomic mass is 9.89. The van der Waals surface area contributed by atoms with Crippen LogP contribution in [-0.4, -0.2) is 31.8 Å². The van der Waals surface area contributed by atoms with Gasteiger partial charge in [0.25, 0.3) is 0 Å². The molecule has 2 saturated carbocycles. The maximum atomic E-state index is 12.3. The highest BCUT2D eigenvalue weighted by atomic mass is 16.5. The minimum Gasteiger partial charge on any atom is -0.460 e. The number of fused-ring (bicyclic) bond motifs is 1. The summed E-state index contributed by atoms with van der Waals surface area (Å²) >= 11 is 0. The predicted octanol–water partition coefficient (Wildman–Crippen LogP) is 2.42. The number of ether oxygens (including phenoxy) is 1. The summed E-state index contributed by atoms with van der Waals surface area (Å²) in [6, 6.07) is 1.59. The number of hydrogen-bond donors (Lipinski definition) is 2. The third kappa shape index (κ3) is 3.16. The monoisotopic (exact) mass is 358 g/mol. The first kappa shape index (κ1) is 17.3. The molecule has 0 unspecified atom stereocenters. The average molecular weight is 358 g/mol. The van der Waals surface area contributed by atoms with Crippen LogP contribution in [0.3, 0.4) is 0 Å². The molecule has 140 valence electrons. The number of aliphatic hydroxyl groups excluding tert-OH is 1. The molecule has 2 aliphatic carbocycles. The van der Waals surface area contributed by atoms with Gasteiger partial charge in [0.05, 0.1) is 12.1 Å². The second-order valence-electron chi connectivity index (χ2n) is 7.74. The van der Waals surface area contributed by atoms with E-state index in [1.807, 2.05) is 4.57 Å². The van der Waals surface area contributed by atoms with E-state index in [-0.39, 0.29) is 29.4 Å². The third-order valence-corrected chi connectivity index (χ3v) is 5.81. The normalized spacial score (nSPS) is 29.2. The van der Waals surface area contributed by atoms with Gasteiger partial charge in [0.1, 0.15) is 17.3 Å². The Labute approximate surface area is 152 Å². The molecule has 7 nitrogen and oxygen atoms in total. The molecular weight excluding hydrogens is 332 g/mol. The van der Waals surface area contributed by atoms with Crippen molar-refractivity contribution in [3.63, 3.8) is 0 Å². The number of nitrogens with two attached hydrogens (primary N) is 1. The molecule has 7 heteroatoms. The van der Waals surface area contributed by atoms with E-state index in [0.29, 0.717) is 11.0 Å². The molecule has 2 fully saturated rings. The Balaban J connectivity index is 1.73. The number of nitrogens with zero attached hydrogens (tertiary/aromatic N) is 3. The molecule has 0 aliphatic heterocycles. The van der Waals surface area contributed by atoms with Crippen LogP contribution >= 0.6 is 0 Å². The molecule has 0 bridgehead atoms. The Morgan fingerprint density at radius 2 is 1.96 bits per heavy atom. The summed E-state index contributed by atoms with van der Waals surface area (Å²) in [4.78, 5) is 21.1. The number of hydrogen-bond acceptors (Lipinski definition) is 6. The zero-order valence-electron chi connectivity index (χ0n) is 15.1. The molecule has 2 atom stereocenters. The fourth-order valence-electron chi connectivity index (χ4n) is 4.23. The summed E-state index contributed by atoms with van der Waals surface area (Å²) in [7, 11) is 0. The fourth-order valence-corrected chi connectivity index (χ4v) is 4.23. The van der Waals surface area contributed by atoms with Gasteiger partial charge in [0.15, 0.2) is 11.1 Å². The lowest BCUT2D eigenvalue weighted by Gasteiger charge is -2.26. The Morgan fingerprint density at radius 1 is 1.19 bits per heavy atom. The van der Waals surface area contributed by atoms with Crippen LogP contribution in [0.25, 0.3) is 11.0 Å². The van der Waals surface area contributed by atoms with Crippen molar-refractivity contribution in [2.75, 3.05) is 5.73 Å². The van der Waals surface area contributed by atoms with Gasteiger partial charge in [-0.3, -0.25) is 4.79 Å². The molecule has 0 radical (unpaired) electrons. The van der Waals surface area contributed by atoms with Crippen molar-refractivity contribution in [1.82, 2.24) is 14.5 Å². The van der Waals surface area contributed by atoms with E-state index in [1.54, 1.807) is 6.20 Å². The number of anilines is 1. The van der Waals surface area contributed by atoms with Gasteiger partial charge in [-0.1, -0.05) is 6.92 Å². The van der Waals surface area contributed by atoms with Gasteiger partial charge in [0.2, 0.25) is 0 Å². The van der Waals surface area contributed by atoms with E-state index >= 15 is 0 Å². The molecule has 0 aromatic carbocycles. The highest BCUT2D eigenvalue weighted by Crippen LogP contribution is 2.33. The Morgan fingerprint density at radius 3 is 2.65 bits per heavy atom. The number of pyridine rings is 1. The molecule has 0 spiro atoms. The van der Waals surface area contributed by atoms with Gasteiger partial charge >= 0.3 is 6.01 Å². The molecule has 2 aromatic heterocycles. The van der Waals surface area contributed by atoms with Crippen molar-refractivity contribution in [3.8, 4) is 6.01 Å². The summed E-state index contributed by atoms with van der Waals surface area (Å²) in [5.74, 6) is 0.868. The first-order chi connectivity index (χ1) is 12.5. The van der Waals surface area contributed by atoms with E-state index < -0.39 is 6.10 Å². The van der Waals surface area contributed by atoms with E-state index in [1.165, 1.54) is 6.07 Å². The second-order valence-corrected chi connectivity index (χ2v) is 7.74. The van der Waals surface area contributed by atoms with Crippen molar-refractivity contribution < 1.29 is 9.84 Å². The van der Waals surface area contributed by atoms with Gasteiger partial charge in [0, 0.05) is 12.3 Å². The van der Waals surface area contributed by atoms with E-state index in [2.05, 4.69) is 16.9 Å². The Kier molecular flexibility index (Phi) is 4.56. The SMILES string of the molecule is CC1CCC(Oc2nc(N)c3c(=O)ccn([C@@H]4CCC[C@H]4O)c3n2)CC1. The predicted molar refractivity (Wildman–Crippen MR) is 99.2 cm³/mol. The Hall–Kier alpha value is -2.15. The quantitative estimate of drug-likeness (QED) is 0.873. The van der Waals surface area contributed by atoms with Crippen LogP contribution in [-0.2, 0) is 0 Å². The smallest absolute Gasteiger partial charge is 0.320 e. The van der Waals surface area contributed by atoms with Gasteiger partial charge < -0.3 is 20.1 Å². The molecule has 4 rings (SSSR count). The van der Waals surface area contributed by atoms with E-state index in [9.17, 15) is 9.90 Å². The first-order valence-corrected chi connectivity index (χ1v) is 9.56. The third-order valence-electron chi connectivity index (χ3n) is 5.81. The lowest BCUT2D eigenvalue weighted by molar-refractivity contribution is 0.124. The van der Waals surface area contributed by atoms with Crippen molar-refractivity contribution in [3.05, 3.63) is 22.5 Å². The van der Waals surface area contributed by atoms with Crippen LogP contribution in [0.1, 0.15) is 57.9 Å². The summed E-state index contributed by atoms with van der Waals surface area (Å²) in [5.41, 5.74) is 6.33. The minimum atomic E-state index is -0.443. The van der Waals surface area contributed by atoms with Crippen molar-refractivity contribution in [2.45, 2.75) is 70.1 Å². The van der Waals surface area contributed by atoms with E-state index in [0.717, 1.165) is 50.9 Å². The number of aliphatic hydroxyl groups is 1. The summed E-state index contributed by atoms with van der Waals surface area (Å²) in [5, 5.41) is 10.6. The minimum absolute atomic E-state index is 0.0870. The van der Waals surface area contributed by atoms with Crippen LogP contribution in [0.4, 0.5) is 5.82 Å². The fraction of sp³-hybridized carbons (Fsp3) is 0.632. The zero-order chi connectivity index (χ0) is 18.3. The maximum Gasteiger partial charge on any atom is 0.320 e. The maximum absolute atomic E-state index is 12.3. The summed E-state index contributed by atoms with van der Waals surface area (Å²) in [6.45, 7) is 2.26. The molecular formula is C19H26N4O3. The standard InChI is InChI=1S/C19H26N4O3/c1-11-5-7-12(8-6-11)26-19-21-17(20)16-15(25)9-10-23(18(16)22-19)13-3-2-4-14(13)24/h9-14,24H,2-8H2,1H3,(H2,20,21,22)/t11?,12?,13-,14-/m1/s1. The number of nitrogen functional groups attached to an aromatic ring is 1. The Bertz CT molecular complexity index is 858. The lowest BCUT2D eigenvalue weighted by Crippen LogP contribution is -2.25. The number of aromatic nitrogens is 3. The largest absolute Gasteiger partial charge is 0.460 e. The molecule has 3 N–H and O–H groups in total. The molecule has 0 amide bonds. The zero-order valence-corrected chi connectivity index (χ0v) is 15.1. The van der Waals surface area contributed by atoms with Gasteiger partial charge in [-0.25, -0.2) is 0 Å². The average Bonchev–Trinajstić information content (AvgIpc) is 3.03. The van der Waals surface area contributed by atoms with Crippen molar-refractivity contribution >= 4 is 16.9 Å². The molecule has 2 aliphatic rings. The first-order valence-electron chi connectivity index (χ1n) is 9.56. The van der Waals surface area contributed by atoms with Crippen molar-refractivity contribution in [1.29, 1.82) is 0 Å². The van der Waals surface area contributed by atoms with Crippen LogP contribution < -0.4 is 15.9 Å². The summed E-state index contributed by atoms with van der Waals surface area (Å²) in [6.07, 6.45) is 8.11. The van der Waals surface area contributed by atoms with Crippen LogP contribution in [0.15, 0.2) is 17.1 Å². The second kappa shape index (κ2) is 6.87. The van der Waals surface area contributed by atoms with Gasteiger partial charge in [-0.05, 0) is 50.9 Å². The topological polar surface area (TPSA) is 103 Å². The molecule has 26 heavy (non-hydrogen) atoms. The van der Waals surface area contributed by atoms with Crippen LogP contribution in [0, 0.1) is 5.92 Å². The molecule has 0 saturated heterocycles. The van der Waals surface area contributed by atoms with Crippen LogP contribution in [0.2, 0.25) is 0 Å². The van der Waals surface area contributed by atoms with Gasteiger partial charge in [-0.15, -0.1) is 0 Å². The van der Waals surface area contributed by atoms with Gasteiger partial charge in [-0.2, -0.15) is 9.97 Å². The van der Waals surface area contributed by atoms with E-state index in [4.69, 9.17) is 10.5 Å².